The monoisotopic (exact) mass is 278 g/mol. The van der Waals surface area contributed by atoms with Crippen molar-refractivity contribution in [3.05, 3.63) is 35.0 Å². The number of amides is 1. The molecule has 2 rings (SSSR count). The van der Waals surface area contributed by atoms with Crippen molar-refractivity contribution in [1.29, 1.82) is 0 Å². The largest absolute Gasteiger partial charge is 0.464 e. The van der Waals surface area contributed by atoms with Crippen LogP contribution in [0.2, 0.25) is 5.02 Å². The molecule has 0 aliphatic heterocycles. The molecule has 98 valence electrons. The van der Waals surface area contributed by atoms with Crippen LogP contribution < -0.4 is 5.32 Å². The molecule has 0 atom stereocenters. The van der Waals surface area contributed by atoms with E-state index in [1.807, 2.05) is 0 Å². The second-order valence-electron chi connectivity index (χ2n) is 3.89. The van der Waals surface area contributed by atoms with Crippen molar-refractivity contribution in [3.63, 3.8) is 0 Å². The summed E-state index contributed by atoms with van der Waals surface area (Å²) < 4.78 is 4.60. The lowest BCUT2D eigenvalue weighted by atomic mass is 10.1. The zero-order chi connectivity index (χ0) is 14.0. The highest BCUT2D eigenvalue weighted by atomic mass is 35.5. The lowest BCUT2D eigenvalue weighted by Gasteiger charge is -2.07. The number of rotatable bonds is 2. The minimum atomic E-state index is -0.547. The number of esters is 1. The second kappa shape index (κ2) is 5.24. The highest BCUT2D eigenvalue weighted by molar-refractivity contribution is 6.35. The summed E-state index contributed by atoms with van der Waals surface area (Å²) in [6.07, 6.45) is 0. The molecule has 0 bridgehead atoms. The third kappa shape index (κ3) is 2.82. The Balaban J connectivity index is 2.53. The molecule has 1 heterocycles. The molecule has 1 aromatic carbocycles. The molecule has 0 fully saturated rings. The van der Waals surface area contributed by atoms with E-state index in [0.717, 1.165) is 0 Å². The lowest BCUT2D eigenvalue weighted by molar-refractivity contribution is -0.114. The van der Waals surface area contributed by atoms with Crippen LogP contribution in [0.15, 0.2) is 24.3 Å². The number of ether oxygens (including phenoxy) is 1. The Kier molecular flexibility index (Phi) is 3.66. The van der Waals surface area contributed by atoms with Gasteiger partial charge in [-0.15, -0.1) is 0 Å². The van der Waals surface area contributed by atoms with E-state index in [9.17, 15) is 9.59 Å². The number of hydrogen-bond donors (Lipinski definition) is 1. The fraction of sp³-hybridized carbons (Fsp3) is 0.154. The predicted octanol–water partition coefficient (Wildman–Crippen LogP) is 2.63. The van der Waals surface area contributed by atoms with Crippen LogP contribution in [0, 0.1) is 0 Å². The molecule has 19 heavy (non-hydrogen) atoms. The average molecular weight is 279 g/mol. The molecule has 0 saturated heterocycles. The van der Waals surface area contributed by atoms with E-state index in [0.29, 0.717) is 21.6 Å². The smallest absolute Gasteiger partial charge is 0.356 e. The number of pyridine rings is 1. The van der Waals surface area contributed by atoms with E-state index in [-0.39, 0.29) is 11.6 Å². The summed E-state index contributed by atoms with van der Waals surface area (Å²) in [6.45, 7) is 1.42. The number of halogens is 1. The summed E-state index contributed by atoms with van der Waals surface area (Å²) in [5, 5.41) is 3.68. The normalized spacial score (nSPS) is 10.3. The number of nitrogens with one attached hydrogen (secondary N) is 1. The van der Waals surface area contributed by atoms with Crippen molar-refractivity contribution in [1.82, 2.24) is 4.98 Å². The first-order valence-corrected chi connectivity index (χ1v) is 5.85. The van der Waals surface area contributed by atoms with E-state index < -0.39 is 5.97 Å². The molecular weight excluding hydrogens is 268 g/mol. The van der Waals surface area contributed by atoms with E-state index in [1.54, 1.807) is 18.2 Å². The van der Waals surface area contributed by atoms with Gasteiger partial charge in [0.15, 0.2) is 5.69 Å². The maximum absolute atomic E-state index is 11.4. The molecule has 0 aliphatic rings. The average Bonchev–Trinajstić information content (AvgIpc) is 2.37. The summed E-state index contributed by atoms with van der Waals surface area (Å²) >= 11 is 6.11. The molecule has 6 heteroatoms. The fourth-order valence-corrected chi connectivity index (χ4v) is 1.93. The minimum absolute atomic E-state index is 0.146. The van der Waals surface area contributed by atoms with Crippen LogP contribution in [0.4, 0.5) is 5.69 Å². The van der Waals surface area contributed by atoms with Crippen LogP contribution in [0.1, 0.15) is 17.4 Å². The van der Waals surface area contributed by atoms with E-state index in [4.69, 9.17) is 11.6 Å². The summed E-state index contributed by atoms with van der Waals surface area (Å²) in [7, 11) is 1.28. The van der Waals surface area contributed by atoms with Crippen molar-refractivity contribution >= 4 is 40.1 Å². The number of benzene rings is 1. The highest BCUT2D eigenvalue weighted by Crippen LogP contribution is 2.26. The van der Waals surface area contributed by atoms with Crippen LogP contribution in [0.3, 0.4) is 0 Å². The van der Waals surface area contributed by atoms with Gasteiger partial charge in [0.25, 0.3) is 0 Å². The number of carbonyl (C=O) groups excluding carboxylic acids is 2. The van der Waals surface area contributed by atoms with Crippen LogP contribution in [0.5, 0.6) is 0 Å². The first kappa shape index (κ1) is 13.3. The molecule has 1 N–H and O–H groups in total. The molecule has 0 saturated carbocycles. The molecule has 2 aromatic rings. The molecule has 0 unspecified atom stereocenters. The number of fused-ring (bicyclic) bond motifs is 1. The van der Waals surface area contributed by atoms with Gasteiger partial charge in [0.2, 0.25) is 5.91 Å². The van der Waals surface area contributed by atoms with Gasteiger partial charge in [-0.25, -0.2) is 9.78 Å². The van der Waals surface area contributed by atoms with Crippen LogP contribution in [-0.2, 0) is 9.53 Å². The third-order valence-electron chi connectivity index (χ3n) is 2.47. The van der Waals surface area contributed by atoms with Gasteiger partial charge in [-0.3, -0.25) is 4.79 Å². The van der Waals surface area contributed by atoms with Gasteiger partial charge in [0.1, 0.15) is 0 Å². The summed E-state index contributed by atoms with van der Waals surface area (Å²) in [6, 6.07) is 6.51. The van der Waals surface area contributed by atoms with E-state index in [1.165, 1.54) is 20.1 Å². The first-order valence-electron chi connectivity index (χ1n) is 5.47. The van der Waals surface area contributed by atoms with Gasteiger partial charge >= 0.3 is 5.97 Å². The van der Waals surface area contributed by atoms with Crippen molar-refractivity contribution in [2.45, 2.75) is 6.92 Å². The van der Waals surface area contributed by atoms with Gasteiger partial charge in [0, 0.05) is 18.0 Å². The van der Waals surface area contributed by atoms with Gasteiger partial charge in [-0.2, -0.15) is 0 Å². The molecule has 1 aromatic heterocycles. The van der Waals surface area contributed by atoms with Crippen molar-refractivity contribution in [2.75, 3.05) is 12.4 Å². The maximum Gasteiger partial charge on any atom is 0.356 e. The van der Waals surface area contributed by atoms with Gasteiger partial charge < -0.3 is 10.1 Å². The Bertz CT molecular complexity index is 670. The Morgan fingerprint density at radius 1 is 1.32 bits per heavy atom. The number of anilines is 1. The second-order valence-corrected chi connectivity index (χ2v) is 4.30. The predicted molar refractivity (Wildman–Crippen MR) is 72.4 cm³/mol. The zero-order valence-electron chi connectivity index (χ0n) is 10.4. The molecule has 0 spiro atoms. The Labute approximate surface area is 114 Å². The van der Waals surface area contributed by atoms with Crippen LogP contribution in [-0.4, -0.2) is 24.0 Å². The lowest BCUT2D eigenvalue weighted by Crippen LogP contribution is -2.06. The summed E-state index contributed by atoms with van der Waals surface area (Å²) in [5.74, 6) is -0.718. The molecule has 0 radical (unpaired) electrons. The summed E-state index contributed by atoms with van der Waals surface area (Å²) in [4.78, 5) is 26.6. The quantitative estimate of drug-likeness (QED) is 0.858. The SMILES string of the molecule is COC(=O)c1cc(Cl)c2cc(NC(C)=O)ccc2n1. The molecule has 1 amide bonds. The number of hydrogen-bond acceptors (Lipinski definition) is 4. The van der Waals surface area contributed by atoms with Crippen molar-refractivity contribution in [2.24, 2.45) is 0 Å². The Hall–Kier alpha value is -2.14. The first-order chi connectivity index (χ1) is 9.01. The van der Waals surface area contributed by atoms with Gasteiger partial charge in [-0.1, -0.05) is 11.6 Å². The van der Waals surface area contributed by atoms with Gasteiger partial charge in [-0.05, 0) is 24.3 Å². The molecule has 0 aliphatic carbocycles. The molecular formula is C13H11ClN2O3. The number of aromatic nitrogens is 1. The van der Waals surface area contributed by atoms with Gasteiger partial charge in [0.05, 0.1) is 17.6 Å². The standard InChI is InChI=1S/C13H11ClN2O3/c1-7(17)15-8-3-4-11-9(5-8)10(14)6-12(16-11)13(18)19-2/h3-6H,1-2H3,(H,15,17). The Morgan fingerprint density at radius 3 is 2.68 bits per heavy atom. The van der Waals surface area contributed by atoms with Crippen molar-refractivity contribution < 1.29 is 14.3 Å². The fourth-order valence-electron chi connectivity index (χ4n) is 1.67. The molecule has 5 nitrogen and oxygen atoms in total. The van der Waals surface area contributed by atoms with Crippen molar-refractivity contribution in [3.8, 4) is 0 Å². The maximum atomic E-state index is 11.4. The highest BCUT2D eigenvalue weighted by Gasteiger charge is 2.11. The third-order valence-corrected chi connectivity index (χ3v) is 2.79. The van der Waals surface area contributed by atoms with Crippen LogP contribution >= 0.6 is 11.6 Å². The number of nitrogens with zero attached hydrogens (tertiary/aromatic N) is 1. The van der Waals surface area contributed by atoms with Crippen LogP contribution in [0.25, 0.3) is 10.9 Å². The van der Waals surface area contributed by atoms with E-state index in [2.05, 4.69) is 15.0 Å². The minimum Gasteiger partial charge on any atom is -0.464 e. The summed E-state index contributed by atoms with van der Waals surface area (Å²) in [5.41, 5.74) is 1.32. The Morgan fingerprint density at radius 2 is 2.05 bits per heavy atom. The topological polar surface area (TPSA) is 68.3 Å². The number of carbonyl (C=O) groups is 2. The van der Waals surface area contributed by atoms with E-state index >= 15 is 0 Å². The zero-order valence-corrected chi connectivity index (χ0v) is 11.1. The number of methoxy groups -OCH3 is 1.